The number of nitrogens with zero attached hydrogens (tertiary/aromatic N) is 2. The number of fused-ring (bicyclic) bond motifs is 1. The van der Waals surface area contributed by atoms with Crippen molar-refractivity contribution < 1.29 is 29.0 Å². The second-order valence-electron chi connectivity index (χ2n) is 8.81. The summed E-state index contributed by atoms with van der Waals surface area (Å²) in [5.41, 5.74) is -2.25. The molecule has 2 saturated heterocycles. The predicted molar refractivity (Wildman–Crippen MR) is 146 cm³/mol. The minimum absolute atomic E-state index is 0.0301. The second kappa shape index (κ2) is 10.4. The molecular weight excluding hydrogens is 559 g/mol. The van der Waals surface area contributed by atoms with Crippen LogP contribution in [0.1, 0.15) is 25.5 Å². The number of aliphatic carboxylic acids is 1. The smallest absolute Gasteiger partial charge is 0.316 e. The molecule has 2 aliphatic heterocycles. The highest BCUT2D eigenvalue weighted by Crippen LogP contribution is 2.55. The number of esters is 1. The predicted octanol–water partition coefficient (Wildman–Crippen LogP) is 4.78. The summed E-state index contributed by atoms with van der Waals surface area (Å²) in [5.74, 6) is -2.27. The number of carbonyl (C=O) groups is 3. The van der Waals surface area contributed by atoms with Gasteiger partial charge in [-0.05, 0) is 30.7 Å². The van der Waals surface area contributed by atoms with Crippen LogP contribution in [0.3, 0.4) is 0 Å². The minimum atomic E-state index is -1.60. The van der Waals surface area contributed by atoms with E-state index in [4.69, 9.17) is 44.9 Å². The molecule has 37 heavy (non-hydrogen) atoms. The molecule has 2 heterocycles. The van der Waals surface area contributed by atoms with Crippen molar-refractivity contribution in [2.45, 2.75) is 31.1 Å². The van der Waals surface area contributed by atoms with Crippen molar-refractivity contribution in [1.82, 2.24) is 4.90 Å². The van der Waals surface area contributed by atoms with Crippen LogP contribution in [-0.4, -0.2) is 63.3 Å². The Bertz CT molecular complexity index is 1260. The van der Waals surface area contributed by atoms with Gasteiger partial charge in [-0.25, -0.2) is 0 Å². The van der Waals surface area contributed by atoms with Gasteiger partial charge >= 0.3 is 11.9 Å². The van der Waals surface area contributed by atoms with Crippen LogP contribution in [0.15, 0.2) is 48.5 Å². The van der Waals surface area contributed by atoms with Gasteiger partial charge in [-0.2, -0.15) is 0 Å². The van der Waals surface area contributed by atoms with E-state index in [9.17, 15) is 19.5 Å². The molecule has 0 saturated carbocycles. The van der Waals surface area contributed by atoms with Gasteiger partial charge in [0.1, 0.15) is 16.9 Å². The van der Waals surface area contributed by atoms with E-state index in [-0.39, 0.29) is 12.3 Å². The molecule has 12 heteroatoms. The van der Waals surface area contributed by atoms with Gasteiger partial charge in [0, 0.05) is 31.4 Å². The number of benzene rings is 2. The number of rotatable bonds is 7. The Hall–Kier alpha value is -2.37. The summed E-state index contributed by atoms with van der Waals surface area (Å²) in [6, 6.07) is 13.5. The standard InChI is InChI=1S/C25H24Cl2N2O6S2/c1-14(36)29(19-11-17(26)9-10-18(19)27)25(34-3)21(31)28-12-24(23(32)33,13-37-22(25)28)20(35-15(2)30)16-7-5-4-6-8-16/h4-11,20,22H,12-13H2,1-3H3,(H,32,33)/t20?,22-,24?,25?/m1/s1. The van der Waals surface area contributed by atoms with Crippen LogP contribution in [0.5, 0.6) is 0 Å². The number of hydrogen-bond acceptors (Lipinski definition) is 7. The van der Waals surface area contributed by atoms with Crippen LogP contribution in [0.4, 0.5) is 5.69 Å². The molecule has 0 spiro atoms. The molecule has 0 radical (unpaired) electrons. The zero-order valence-electron chi connectivity index (χ0n) is 20.1. The van der Waals surface area contributed by atoms with Crippen LogP contribution >= 0.6 is 47.2 Å². The number of carboxylic acids is 1. The Morgan fingerprint density at radius 3 is 2.46 bits per heavy atom. The fraction of sp³-hybridized carbons (Fsp3) is 0.360. The van der Waals surface area contributed by atoms with Crippen molar-refractivity contribution in [3.63, 3.8) is 0 Å². The molecule has 8 nitrogen and oxygen atoms in total. The number of carboxylic acid groups (broad SMARTS) is 1. The third-order valence-electron chi connectivity index (χ3n) is 6.56. The van der Waals surface area contributed by atoms with E-state index >= 15 is 0 Å². The SMILES string of the molecule is COC1(N(C(C)=S)c2cc(Cl)ccc2Cl)C(=O)N2CC(C(=O)O)(C(OC(C)=O)c3ccccc3)CS[C@@H]21. The number of β-lactam (4-membered cyclic amide) rings is 1. The van der Waals surface area contributed by atoms with Gasteiger partial charge < -0.3 is 19.5 Å². The van der Waals surface area contributed by atoms with Crippen molar-refractivity contribution in [3.8, 4) is 0 Å². The fourth-order valence-electron chi connectivity index (χ4n) is 4.92. The van der Waals surface area contributed by atoms with Crippen molar-refractivity contribution in [3.05, 3.63) is 64.1 Å². The largest absolute Gasteiger partial charge is 0.481 e. The van der Waals surface area contributed by atoms with Gasteiger partial charge in [0.2, 0.25) is 0 Å². The molecule has 3 unspecified atom stereocenters. The van der Waals surface area contributed by atoms with Crippen molar-refractivity contribution in [2.24, 2.45) is 5.41 Å². The summed E-state index contributed by atoms with van der Waals surface area (Å²) < 4.78 is 11.4. The third-order valence-corrected chi connectivity index (χ3v) is 8.87. The first-order chi connectivity index (χ1) is 17.5. The number of carbonyl (C=O) groups excluding carboxylic acids is 2. The van der Waals surface area contributed by atoms with E-state index in [1.54, 1.807) is 55.5 Å². The maximum atomic E-state index is 13.9. The second-order valence-corrected chi connectivity index (χ2v) is 11.3. The maximum absolute atomic E-state index is 13.9. The van der Waals surface area contributed by atoms with E-state index in [0.29, 0.717) is 26.3 Å². The van der Waals surface area contributed by atoms with Gasteiger partial charge in [0.15, 0.2) is 0 Å². The van der Waals surface area contributed by atoms with Gasteiger partial charge in [0.25, 0.3) is 11.6 Å². The normalized spacial score (nSPS) is 25.5. The summed E-state index contributed by atoms with van der Waals surface area (Å²) in [5, 5.41) is 10.5. The minimum Gasteiger partial charge on any atom is -0.481 e. The Labute approximate surface area is 233 Å². The summed E-state index contributed by atoms with van der Waals surface area (Å²) in [7, 11) is 1.39. The zero-order chi connectivity index (χ0) is 27.1. The van der Waals surface area contributed by atoms with Crippen molar-refractivity contribution in [1.29, 1.82) is 0 Å². The summed E-state index contributed by atoms with van der Waals surface area (Å²) in [4.78, 5) is 42.0. The molecule has 196 valence electrons. The van der Waals surface area contributed by atoms with Gasteiger partial charge in [-0.15, -0.1) is 11.8 Å². The number of anilines is 1. The van der Waals surface area contributed by atoms with E-state index in [1.807, 2.05) is 0 Å². The topological polar surface area (TPSA) is 96.4 Å². The number of ether oxygens (including phenoxy) is 2. The average molecular weight is 584 g/mol. The fourth-order valence-corrected chi connectivity index (χ4v) is 7.22. The monoisotopic (exact) mass is 582 g/mol. The molecule has 0 bridgehead atoms. The van der Waals surface area contributed by atoms with E-state index < -0.39 is 40.5 Å². The number of hydrogen-bond donors (Lipinski definition) is 1. The van der Waals surface area contributed by atoms with E-state index in [2.05, 4.69) is 0 Å². The number of thioether (sulfide) groups is 1. The highest BCUT2D eigenvalue weighted by molar-refractivity contribution is 8.00. The number of methoxy groups -OCH3 is 1. The molecule has 0 aromatic heterocycles. The van der Waals surface area contributed by atoms with Crippen molar-refractivity contribution >= 4 is 75.7 Å². The van der Waals surface area contributed by atoms with Gasteiger partial charge in [-0.1, -0.05) is 65.8 Å². The highest BCUT2D eigenvalue weighted by atomic mass is 35.5. The molecule has 1 amide bonds. The van der Waals surface area contributed by atoms with Gasteiger partial charge in [0.05, 0.1) is 15.7 Å². The van der Waals surface area contributed by atoms with E-state index in [0.717, 1.165) is 0 Å². The lowest BCUT2D eigenvalue weighted by atomic mass is 9.77. The highest BCUT2D eigenvalue weighted by Gasteiger charge is 2.71. The first-order valence-corrected chi connectivity index (χ1v) is 13.4. The van der Waals surface area contributed by atoms with Crippen LogP contribution in [0.25, 0.3) is 0 Å². The lowest BCUT2D eigenvalue weighted by molar-refractivity contribution is -0.196. The third kappa shape index (κ3) is 4.48. The maximum Gasteiger partial charge on any atom is 0.316 e. The Morgan fingerprint density at radius 2 is 1.89 bits per heavy atom. The first kappa shape index (κ1) is 27.7. The lowest BCUT2D eigenvalue weighted by Crippen LogP contribution is -2.83. The molecule has 4 rings (SSSR count). The number of halogens is 2. The number of amides is 1. The lowest BCUT2D eigenvalue weighted by Gasteiger charge is -2.62. The molecule has 2 aliphatic rings. The van der Waals surface area contributed by atoms with E-state index in [1.165, 1.54) is 35.6 Å². The number of thiocarbonyl (C=S) groups is 1. The summed E-state index contributed by atoms with van der Waals surface area (Å²) in [6.45, 7) is 2.67. The molecule has 2 aromatic carbocycles. The van der Waals surface area contributed by atoms with Crippen LogP contribution in [-0.2, 0) is 23.9 Å². The van der Waals surface area contributed by atoms with Crippen LogP contribution < -0.4 is 4.90 Å². The van der Waals surface area contributed by atoms with Crippen LogP contribution in [0.2, 0.25) is 10.0 Å². The summed E-state index contributed by atoms with van der Waals surface area (Å²) >= 11 is 19.4. The Kier molecular flexibility index (Phi) is 7.79. The molecule has 0 aliphatic carbocycles. The first-order valence-electron chi connectivity index (χ1n) is 11.2. The van der Waals surface area contributed by atoms with Crippen LogP contribution in [0, 0.1) is 5.41 Å². The molecular formula is C25H24Cl2N2O6S2. The molecule has 4 atom stereocenters. The van der Waals surface area contributed by atoms with Gasteiger partial charge in [-0.3, -0.25) is 19.3 Å². The Balaban J connectivity index is 1.76. The molecule has 1 N–H and O–H groups in total. The average Bonchev–Trinajstić information content (AvgIpc) is 2.87. The quantitative estimate of drug-likeness (QED) is 0.214. The zero-order valence-corrected chi connectivity index (χ0v) is 23.3. The summed E-state index contributed by atoms with van der Waals surface area (Å²) in [6.07, 6.45) is -1.12. The molecule has 2 fully saturated rings. The molecule has 2 aromatic rings. The Morgan fingerprint density at radius 1 is 1.22 bits per heavy atom. The van der Waals surface area contributed by atoms with Crippen molar-refractivity contribution in [2.75, 3.05) is 24.3 Å².